The highest BCUT2D eigenvalue weighted by Crippen LogP contribution is 2.21. The Bertz CT molecular complexity index is 777. The number of fused-ring (bicyclic) bond motifs is 1. The van der Waals surface area contributed by atoms with Crippen LogP contribution in [0.1, 0.15) is 33.6 Å². The van der Waals surface area contributed by atoms with Crippen LogP contribution in [0.2, 0.25) is 0 Å². The molecule has 0 fully saturated rings. The first-order valence-corrected chi connectivity index (χ1v) is 8.43. The van der Waals surface area contributed by atoms with E-state index in [1.165, 1.54) is 6.07 Å². The van der Waals surface area contributed by atoms with Gasteiger partial charge in [-0.05, 0) is 57.2 Å². The SMILES string of the molecule is CC(C)(C)OC(=O)n1c(=O)ccc2ccc(OCCCCCl)cc21. The lowest BCUT2D eigenvalue weighted by atomic mass is 10.2. The van der Waals surface area contributed by atoms with Gasteiger partial charge in [0.05, 0.1) is 12.1 Å². The number of unbranched alkanes of at least 4 members (excludes halogenated alkanes) is 1. The number of nitrogens with zero attached hydrogens (tertiary/aromatic N) is 1. The molecule has 0 aliphatic carbocycles. The number of benzene rings is 1. The standard InChI is InChI=1S/C18H22ClNO4/c1-18(2,3)24-17(22)20-15-12-14(23-11-5-4-10-19)8-6-13(15)7-9-16(20)21/h6-9,12H,4-5,10-11H2,1-3H3. The second-order valence-electron chi connectivity index (χ2n) is 6.45. The molecule has 6 heteroatoms. The molecule has 0 N–H and O–H groups in total. The first-order chi connectivity index (χ1) is 11.3. The van der Waals surface area contributed by atoms with Crippen molar-refractivity contribution < 1.29 is 14.3 Å². The van der Waals surface area contributed by atoms with Gasteiger partial charge in [-0.1, -0.05) is 0 Å². The second-order valence-corrected chi connectivity index (χ2v) is 6.83. The lowest BCUT2D eigenvalue weighted by molar-refractivity contribution is 0.0538. The van der Waals surface area contributed by atoms with Crippen molar-refractivity contribution in [1.29, 1.82) is 0 Å². The fourth-order valence-electron chi connectivity index (χ4n) is 2.18. The zero-order valence-corrected chi connectivity index (χ0v) is 14.9. The fourth-order valence-corrected chi connectivity index (χ4v) is 2.37. The van der Waals surface area contributed by atoms with Crippen LogP contribution in [-0.2, 0) is 4.74 Å². The normalized spacial score (nSPS) is 11.5. The number of rotatable bonds is 5. The van der Waals surface area contributed by atoms with Gasteiger partial charge in [0.25, 0.3) is 5.56 Å². The molecule has 0 amide bonds. The molecule has 0 spiro atoms. The van der Waals surface area contributed by atoms with Gasteiger partial charge in [0.2, 0.25) is 0 Å². The highest BCUT2D eigenvalue weighted by atomic mass is 35.5. The van der Waals surface area contributed by atoms with Crippen molar-refractivity contribution in [3.8, 4) is 5.75 Å². The summed E-state index contributed by atoms with van der Waals surface area (Å²) in [6.07, 6.45) is 1.02. The van der Waals surface area contributed by atoms with Gasteiger partial charge in [-0.25, -0.2) is 9.36 Å². The van der Waals surface area contributed by atoms with E-state index in [-0.39, 0.29) is 0 Å². The third-order valence-corrected chi connectivity index (χ3v) is 3.51. The van der Waals surface area contributed by atoms with E-state index in [0.717, 1.165) is 22.8 Å². The Hall–Kier alpha value is -2.01. The van der Waals surface area contributed by atoms with Gasteiger partial charge in [-0.15, -0.1) is 11.6 Å². The summed E-state index contributed by atoms with van der Waals surface area (Å²) in [7, 11) is 0. The first kappa shape index (κ1) is 18.3. The van der Waals surface area contributed by atoms with E-state index in [1.54, 1.807) is 32.9 Å². The summed E-state index contributed by atoms with van der Waals surface area (Å²) >= 11 is 5.64. The molecule has 0 aliphatic heterocycles. The third kappa shape index (κ3) is 4.74. The van der Waals surface area contributed by atoms with Gasteiger partial charge < -0.3 is 9.47 Å². The van der Waals surface area contributed by atoms with Crippen LogP contribution in [0.3, 0.4) is 0 Å². The Labute approximate surface area is 146 Å². The number of pyridine rings is 1. The minimum Gasteiger partial charge on any atom is -0.494 e. The second kappa shape index (κ2) is 7.71. The van der Waals surface area contributed by atoms with Gasteiger partial charge in [0, 0.05) is 18.0 Å². The summed E-state index contributed by atoms with van der Waals surface area (Å²) in [5, 5.41) is 0.758. The molecule has 0 radical (unpaired) electrons. The molecule has 1 heterocycles. The van der Waals surface area contributed by atoms with E-state index >= 15 is 0 Å². The smallest absolute Gasteiger partial charge is 0.422 e. The third-order valence-electron chi connectivity index (χ3n) is 3.24. The Balaban J connectivity index is 2.36. The molecule has 1 aromatic carbocycles. The van der Waals surface area contributed by atoms with Crippen molar-refractivity contribution in [1.82, 2.24) is 4.57 Å². The highest BCUT2D eigenvalue weighted by molar-refractivity contribution is 6.17. The summed E-state index contributed by atoms with van der Waals surface area (Å²) in [5.74, 6) is 1.19. The van der Waals surface area contributed by atoms with Gasteiger partial charge in [-0.3, -0.25) is 4.79 Å². The lowest BCUT2D eigenvalue weighted by Gasteiger charge is -2.20. The van der Waals surface area contributed by atoms with Crippen LogP contribution in [0, 0.1) is 0 Å². The largest absolute Gasteiger partial charge is 0.494 e. The van der Waals surface area contributed by atoms with Crippen molar-refractivity contribution in [3.63, 3.8) is 0 Å². The van der Waals surface area contributed by atoms with Crippen molar-refractivity contribution >= 4 is 28.6 Å². The molecule has 2 rings (SSSR count). The molecule has 0 unspecified atom stereocenters. The Morgan fingerprint density at radius 1 is 1.17 bits per heavy atom. The van der Waals surface area contributed by atoms with Gasteiger partial charge in [-0.2, -0.15) is 0 Å². The van der Waals surface area contributed by atoms with Crippen molar-refractivity contribution in [2.75, 3.05) is 12.5 Å². The van der Waals surface area contributed by atoms with Crippen LogP contribution in [-0.4, -0.2) is 28.7 Å². The minimum absolute atomic E-state index is 0.434. The summed E-state index contributed by atoms with van der Waals surface area (Å²) in [5.41, 5.74) is -0.656. The van der Waals surface area contributed by atoms with E-state index in [1.807, 2.05) is 12.1 Å². The zero-order chi connectivity index (χ0) is 17.7. The molecule has 130 valence electrons. The number of hydrogen-bond acceptors (Lipinski definition) is 4. The zero-order valence-electron chi connectivity index (χ0n) is 14.2. The molecule has 1 aromatic heterocycles. The van der Waals surface area contributed by atoms with E-state index < -0.39 is 17.3 Å². The summed E-state index contributed by atoms with van der Waals surface area (Å²) in [6.45, 7) is 5.80. The van der Waals surface area contributed by atoms with Crippen molar-refractivity contribution in [2.45, 2.75) is 39.2 Å². The minimum atomic E-state index is -0.697. The average Bonchev–Trinajstić information content (AvgIpc) is 2.49. The number of ether oxygens (including phenoxy) is 2. The van der Waals surface area contributed by atoms with Crippen LogP contribution in [0.4, 0.5) is 4.79 Å². The summed E-state index contributed by atoms with van der Waals surface area (Å²) < 4.78 is 12.0. The molecule has 2 aromatic rings. The van der Waals surface area contributed by atoms with Gasteiger partial charge in [0.1, 0.15) is 11.4 Å². The maximum atomic E-state index is 12.4. The topological polar surface area (TPSA) is 57.5 Å². The van der Waals surface area contributed by atoms with E-state index in [4.69, 9.17) is 21.1 Å². The number of aromatic nitrogens is 1. The van der Waals surface area contributed by atoms with Crippen molar-refractivity contribution in [3.05, 3.63) is 40.7 Å². The van der Waals surface area contributed by atoms with Gasteiger partial charge >= 0.3 is 6.09 Å². The van der Waals surface area contributed by atoms with Crippen LogP contribution < -0.4 is 10.3 Å². The van der Waals surface area contributed by atoms with Gasteiger partial charge in [0.15, 0.2) is 0 Å². The first-order valence-electron chi connectivity index (χ1n) is 7.90. The Morgan fingerprint density at radius 3 is 2.54 bits per heavy atom. The van der Waals surface area contributed by atoms with Crippen LogP contribution in [0.5, 0.6) is 5.75 Å². The van der Waals surface area contributed by atoms with Crippen LogP contribution in [0.25, 0.3) is 10.9 Å². The molecule has 0 aliphatic rings. The predicted octanol–water partition coefficient (Wildman–Crippen LogP) is 4.18. The predicted molar refractivity (Wildman–Crippen MR) is 95.3 cm³/mol. The number of halogens is 1. The summed E-state index contributed by atoms with van der Waals surface area (Å²) in [4.78, 5) is 24.6. The number of hydrogen-bond donors (Lipinski definition) is 0. The number of alkyl halides is 1. The molecule has 5 nitrogen and oxygen atoms in total. The molecular formula is C18H22ClNO4. The molecule has 24 heavy (non-hydrogen) atoms. The van der Waals surface area contributed by atoms with Crippen LogP contribution in [0.15, 0.2) is 35.1 Å². The van der Waals surface area contributed by atoms with E-state index in [0.29, 0.717) is 23.8 Å². The monoisotopic (exact) mass is 351 g/mol. The maximum absolute atomic E-state index is 12.4. The Morgan fingerprint density at radius 2 is 1.88 bits per heavy atom. The van der Waals surface area contributed by atoms with Crippen LogP contribution >= 0.6 is 11.6 Å². The number of carbonyl (C=O) groups excluding carboxylic acids is 1. The average molecular weight is 352 g/mol. The summed E-state index contributed by atoms with van der Waals surface area (Å²) in [6, 6.07) is 8.34. The Kier molecular flexibility index (Phi) is 5.89. The highest BCUT2D eigenvalue weighted by Gasteiger charge is 2.20. The van der Waals surface area contributed by atoms with E-state index in [2.05, 4.69) is 0 Å². The molecule has 0 atom stereocenters. The molecule has 0 saturated carbocycles. The molecule has 0 saturated heterocycles. The molecule has 0 bridgehead atoms. The molecular weight excluding hydrogens is 330 g/mol. The van der Waals surface area contributed by atoms with Crippen molar-refractivity contribution in [2.24, 2.45) is 0 Å². The maximum Gasteiger partial charge on any atom is 0.422 e. The quantitative estimate of drug-likeness (QED) is 0.599. The van der Waals surface area contributed by atoms with E-state index in [9.17, 15) is 9.59 Å². The fraction of sp³-hybridized carbons (Fsp3) is 0.444. The lowest BCUT2D eigenvalue weighted by Crippen LogP contribution is -2.33. The number of carbonyl (C=O) groups is 1.